The Hall–Kier alpha value is -2.64. The fourth-order valence-electron chi connectivity index (χ4n) is 1.98. The van der Waals surface area contributed by atoms with E-state index in [0.29, 0.717) is 6.54 Å². The highest BCUT2D eigenvalue weighted by atomic mass is 16.4. The zero-order valence-corrected chi connectivity index (χ0v) is 11.7. The van der Waals surface area contributed by atoms with Gasteiger partial charge in [0, 0.05) is 6.54 Å². The molecule has 1 atom stereocenters. The highest BCUT2D eigenvalue weighted by molar-refractivity contribution is 5.87. The molecular weight excluding hydrogens is 264 g/mol. The number of nitrogens with zero attached hydrogens (tertiary/aromatic N) is 1. The maximum Gasteiger partial charge on any atom is 0.335 e. The minimum Gasteiger partial charge on any atom is -0.478 e. The molecule has 4 heteroatoms. The van der Waals surface area contributed by atoms with E-state index in [-0.39, 0.29) is 11.6 Å². The van der Waals surface area contributed by atoms with Gasteiger partial charge in [-0.1, -0.05) is 42.0 Å². The predicted octanol–water partition coefficient (Wildman–Crippen LogP) is 3.05. The summed E-state index contributed by atoms with van der Waals surface area (Å²) in [5.41, 5.74) is 3.27. The van der Waals surface area contributed by atoms with E-state index < -0.39 is 5.97 Å². The van der Waals surface area contributed by atoms with Crippen LogP contribution in [0.15, 0.2) is 48.5 Å². The van der Waals surface area contributed by atoms with Crippen LogP contribution in [-0.2, 0) is 6.54 Å². The Morgan fingerprint density at radius 2 is 1.81 bits per heavy atom. The molecule has 0 aliphatic rings. The Bertz CT molecular complexity index is 655. The van der Waals surface area contributed by atoms with Crippen molar-refractivity contribution < 1.29 is 9.90 Å². The molecule has 0 aliphatic heterocycles. The molecule has 106 valence electrons. The van der Waals surface area contributed by atoms with Crippen LogP contribution in [0.3, 0.4) is 0 Å². The zero-order valence-electron chi connectivity index (χ0n) is 11.7. The number of hydrogen-bond donors (Lipinski definition) is 2. The molecule has 0 bridgehead atoms. The number of rotatable bonds is 5. The second kappa shape index (κ2) is 6.69. The molecule has 0 aliphatic carbocycles. The largest absolute Gasteiger partial charge is 0.478 e. The summed E-state index contributed by atoms with van der Waals surface area (Å²) in [5, 5.41) is 21.3. The van der Waals surface area contributed by atoms with Gasteiger partial charge in [-0.3, -0.25) is 5.32 Å². The number of benzene rings is 2. The van der Waals surface area contributed by atoms with Gasteiger partial charge in [-0.15, -0.1) is 0 Å². The lowest BCUT2D eigenvalue weighted by atomic mass is 10.1. The number of nitrogens with one attached hydrogen (secondary N) is 1. The molecule has 0 amide bonds. The highest BCUT2D eigenvalue weighted by Gasteiger charge is 2.09. The van der Waals surface area contributed by atoms with E-state index in [2.05, 4.69) is 11.4 Å². The van der Waals surface area contributed by atoms with E-state index >= 15 is 0 Å². The fourth-order valence-corrected chi connectivity index (χ4v) is 1.98. The molecule has 21 heavy (non-hydrogen) atoms. The van der Waals surface area contributed by atoms with Gasteiger partial charge < -0.3 is 5.11 Å². The second-order valence-corrected chi connectivity index (χ2v) is 4.86. The van der Waals surface area contributed by atoms with Crippen LogP contribution in [0.5, 0.6) is 0 Å². The number of nitriles is 1. The first-order valence-corrected chi connectivity index (χ1v) is 6.62. The van der Waals surface area contributed by atoms with Crippen molar-refractivity contribution in [3.05, 3.63) is 70.8 Å². The molecule has 2 N–H and O–H groups in total. The lowest BCUT2D eigenvalue weighted by Crippen LogP contribution is -2.19. The fraction of sp³-hybridized carbons (Fsp3) is 0.176. The molecule has 2 aromatic carbocycles. The molecule has 2 rings (SSSR count). The van der Waals surface area contributed by atoms with Gasteiger partial charge in [0.2, 0.25) is 0 Å². The van der Waals surface area contributed by atoms with E-state index in [4.69, 9.17) is 5.11 Å². The molecular formula is C17H16N2O2. The van der Waals surface area contributed by atoms with E-state index in [1.54, 1.807) is 24.3 Å². The first kappa shape index (κ1) is 14.8. The molecule has 0 aromatic heterocycles. The SMILES string of the molecule is Cc1ccc(C(C#N)NCc2ccc(C(=O)O)cc2)cc1. The Labute approximate surface area is 123 Å². The number of carboxylic acids is 1. The first-order chi connectivity index (χ1) is 10.1. The lowest BCUT2D eigenvalue weighted by molar-refractivity contribution is 0.0697. The summed E-state index contributed by atoms with van der Waals surface area (Å²) in [7, 11) is 0. The lowest BCUT2D eigenvalue weighted by Gasteiger charge is -2.12. The molecule has 0 fully saturated rings. The summed E-state index contributed by atoms with van der Waals surface area (Å²) < 4.78 is 0. The van der Waals surface area contributed by atoms with Crippen molar-refractivity contribution in [2.75, 3.05) is 0 Å². The third-order valence-corrected chi connectivity index (χ3v) is 3.25. The van der Waals surface area contributed by atoms with Gasteiger partial charge in [-0.05, 0) is 30.2 Å². The number of aryl methyl sites for hydroxylation is 1. The minimum absolute atomic E-state index is 0.258. The second-order valence-electron chi connectivity index (χ2n) is 4.86. The van der Waals surface area contributed by atoms with Crippen molar-refractivity contribution in [1.29, 1.82) is 5.26 Å². The third-order valence-electron chi connectivity index (χ3n) is 3.25. The number of aromatic carboxylic acids is 1. The molecule has 0 heterocycles. The summed E-state index contributed by atoms with van der Waals surface area (Å²) in [4.78, 5) is 10.8. The number of carbonyl (C=O) groups is 1. The Balaban J connectivity index is 2.02. The van der Waals surface area contributed by atoms with Crippen molar-refractivity contribution in [1.82, 2.24) is 5.32 Å². The van der Waals surface area contributed by atoms with Crippen LogP contribution in [0.2, 0.25) is 0 Å². The average Bonchev–Trinajstić information content (AvgIpc) is 2.50. The van der Waals surface area contributed by atoms with Gasteiger partial charge >= 0.3 is 5.97 Å². The molecule has 0 radical (unpaired) electrons. The smallest absolute Gasteiger partial charge is 0.335 e. The van der Waals surface area contributed by atoms with Crippen LogP contribution in [0.4, 0.5) is 0 Å². The maximum atomic E-state index is 10.8. The minimum atomic E-state index is -0.941. The van der Waals surface area contributed by atoms with Gasteiger partial charge in [0.05, 0.1) is 11.6 Å². The van der Waals surface area contributed by atoms with Crippen LogP contribution in [0.25, 0.3) is 0 Å². The van der Waals surface area contributed by atoms with E-state index in [1.165, 1.54) is 0 Å². The number of hydrogen-bond acceptors (Lipinski definition) is 3. The maximum absolute atomic E-state index is 10.8. The van der Waals surface area contributed by atoms with Gasteiger partial charge in [0.15, 0.2) is 0 Å². The average molecular weight is 280 g/mol. The van der Waals surface area contributed by atoms with E-state index in [9.17, 15) is 10.1 Å². The van der Waals surface area contributed by atoms with Crippen LogP contribution in [0.1, 0.15) is 33.1 Å². The van der Waals surface area contributed by atoms with Gasteiger partial charge in [0.1, 0.15) is 6.04 Å². The van der Waals surface area contributed by atoms with Crippen LogP contribution < -0.4 is 5.32 Å². The third kappa shape index (κ3) is 3.91. The van der Waals surface area contributed by atoms with Gasteiger partial charge in [0.25, 0.3) is 0 Å². The van der Waals surface area contributed by atoms with Gasteiger partial charge in [-0.25, -0.2) is 4.79 Å². The Morgan fingerprint density at radius 1 is 1.19 bits per heavy atom. The quantitative estimate of drug-likeness (QED) is 0.883. The summed E-state index contributed by atoms with van der Waals surface area (Å²) >= 11 is 0. The standard InChI is InChI=1S/C17H16N2O2/c1-12-2-6-14(7-3-12)16(10-18)19-11-13-4-8-15(9-5-13)17(20)21/h2-9,16,19H,11H2,1H3,(H,20,21). The molecule has 4 nitrogen and oxygen atoms in total. The molecule has 0 spiro atoms. The van der Waals surface area contributed by atoms with Crippen molar-refractivity contribution >= 4 is 5.97 Å². The van der Waals surface area contributed by atoms with Crippen LogP contribution in [-0.4, -0.2) is 11.1 Å². The summed E-state index contributed by atoms with van der Waals surface area (Å²) in [6, 6.07) is 16.3. The Kier molecular flexibility index (Phi) is 4.70. The van der Waals surface area contributed by atoms with Crippen LogP contribution >= 0.6 is 0 Å². The monoisotopic (exact) mass is 280 g/mol. The van der Waals surface area contributed by atoms with Crippen molar-refractivity contribution in [2.24, 2.45) is 0 Å². The highest BCUT2D eigenvalue weighted by Crippen LogP contribution is 2.14. The predicted molar refractivity (Wildman–Crippen MR) is 79.8 cm³/mol. The van der Waals surface area contributed by atoms with Gasteiger partial charge in [-0.2, -0.15) is 5.26 Å². The summed E-state index contributed by atoms with van der Waals surface area (Å²) in [6.07, 6.45) is 0. The molecule has 1 unspecified atom stereocenters. The molecule has 0 saturated carbocycles. The Morgan fingerprint density at radius 3 is 2.33 bits per heavy atom. The molecule has 2 aromatic rings. The van der Waals surface area contributed by atoms with Crippen molar-refractivity contribution in [3.8, 4) is 6.07 Å². The van der Waals surface area contributed by atoms with Crippen molar-refractivity contribution in [3.63, 3.8) is 0 Å². The normalized spacial score (nSPS) is 11.6. The first-order valence-electron chi connectivity index (χ1n) is 6.62. The molecule has 0 saturated heterocycles. The van der Waals surface area contributed by atoms with E-state index in [1.807, 2.05) is 31.2 Å². The topological polar surface area (TPSA) is 73.1 Å². The summed E-state index contributed by atoms with van der Waals surface area (Å²) in [5.74, 6) is -0.941. The van der Waals surface area contributed by atoms with Crippen LogP contribution in [0, 0.1) is 18.3 Å². The zero-order chi connectivity index (χ0) is 15.2. The number of carboxylic acid groups (broad SMARTS) is 1. The van der Waals surface area contributed by atoms with E-state index in [0.717, 1.165) is 16.7 Å². The summed E-state index contributed by atoms with van der Waals surface area (Å²) in [6.45, 7) is 2.51. The van der Waals surface area contributed by atoms with Crippen molar-refractivity contribution in [2.45, 2.75) is 19.5 Å².